The third kappa shape index (κ3) is 3.44. The molecule has 6 heteroatoms. The van der Waals surface area contributed by atoms with E-state index in [1.807, 2.05) is 24.3 Å². The SMILES string of the molecule is COc1ccc2[nH]cc(C(=O)CN3CCc4cc(OC)c(OC)cc4C3C)c2c1. The van der Waals surface area contributed by atoms with E-state index in [-0.39, 0.29) is 11.8 Å². The van der Waals surface area contributed by atoms with Crippen LogP contribution < -0.4 is 14.2 Å². The van der Waals surface area contributed by atoms with Crippen LogP contribution in [-0.2, 0) is 6.42 Å². The first kappa shape index (κ1) is 19.3. The number of hydrogen-bond donors (Lipinski definition) is 1. The summed E-state index contributed by atoms with van der Waals surface area (Å²) in [5.74, 6) is 2.30. The van der Waals surface area contributed by atoms with Crippen LogP contribution in [0.5, 0.6) is 17.2 Å². The fourth-order valence-electron chi connectivity index (χ4n) is 4.14. The van der Waals surface area contributed by atoms with Crippen LogP contribution in [-0.4, -0.2) is 50.1 Å². The molecule has 29 heavy (non-hydrogen) atoms. The molecule has 1 aliphatic heterocycles. The van der Waals surface area contributed by atoms with Gasteiger partial charge in [0.05, 0.1) is 27.9 Å². The summed E-state index contributed by atoms with van der Waals surface area (Å²) in [5.41, 5.74) is 4.06. The van der Waals surface area contributed by atoms with E-state index in [2.05, 4.69) is 22.9 Å². The molecule has 0 saturated carbocycles. The molecule has 0 saturated heterocycles. The first-order valence-electron chi connectivity index (χ1n) is 9.73. The highest BCUT2D eigenvalue weighted by molar-refractivity contribution is 6.09. The lowest BCUT2D eigenvalue weighted by molar-refractivity contribution is 0.0892. The number of methoxy groups -OCH3 is 3. The smallest absolute Gasteiger partial charge is 0.178 e. The minimum absolute atomic E-state index is 0.0975. The summed E-state index contributed by atoms with van der Waals surface area (Å²) < 4.78 is 16.2. The summed E-state index contributed by atoms with van der Waals surface area (Å²) in [4.78, 5) is 18.5. The van der Waals surface area contributed by atoms with Crippen molar-refractivity contribution in [1.82, 2.24) is 9.88 Å². The van der Waals surface area contributed by atoms with Crippen LogP contribution in [0.25, 0.3) is 10.9 Å². The van der Waals surface area contributed by atoms with Crippen molar-refractivity contribution < 1.29 is 19.0 Å². The number of Topliss-reactive ketones (excluding diaryl/α,β-unsaturated/α-hetero) is 1. The highest BCUT2D eigenvalue weighted by Gasteiger charge is 2.28. The third-order valence-electron chi connectivity index (χ3n) is 5.85. The van der Waals surface area contributed by atoms with Gasteiger partial charge in [-0.3, -0.25) is 9.69 Å². The Kier molecular flexibility index (Phi) is 5.20. The molecule has 1 aliphatic rings. The number of nitrogens with one attached hydrogen (secondary N) is 1. The predicted molar refractivity (Wildman–Crippen MR) is 112 cm³/mol. The molecule has 4 rings (SSSR count). The summed E-state index contributed by atoms with van der Waals surface area (Å²) in [6.45, 7) is 3.32. The zero-order valence-corrected chi connectivity index (χ0v) is 17.2. The molecule has 1 atom stereocenters. The number of carbonyl (C=O) groups excluding carboxylic acids is 1. The molecule has 2 heterocycles. The number of nitrogens with zero attached hydrogens (tertiary/aromatic N) is 1. The van der Waals surface area contributed by atoms with E-state index >= 15 is 0 Å². The van der Waals surface area contributed by atoms with Crippen molar-refractivity contribution in [2.45, 2.75) is 19.4 Å². The van der Waals surface area contributed by atoms with E-state index in [0.29, 0.717) is 12.1 Å². The largest absolute Gasteiger partial charge is 0.497 e. The van der Waals surface area contributed by atoms with Gasteiger partial charge in [-0.25, -0.2) is 0 Å². The van der Waals surface area contributed by atoms with E-state index in [1.165, 1.54) is 11.1 Å². The quantitative estimate of drug-likeness (QED) is 0.641. The number of hydrogen-bond acceptors (Lipinski definition) is 5. The minimum Gasteiger partial charge on any atom is -0.497 e. The Balaban J connectivity index is 1.59. The van der Waals surface area contributed by atoms with Crippen LogP contribution in [0.2, 0.25) is 0 Å². The Labute approximate surface area is 170 Å². The zero-order valence-electron chi connectivity index (χ0n) is 17.2. The van der Waals surface area contributed by atoms with Crippen molar-refractivity contribution in [2.24, 2.45) is 0 Å². The lowest BCUT2D eigenvalue weighted by atomic mass is 9.92. The van der Waals surface area contributed by atoms with Gasteiger partial charge in [0.2, 0.25) is 0 Å². The molecule has 0 radical (unpaired) electrons. The van der Waals surface area contributed by atoms with Gasteiger partial charge in [-0.05, 0) is 54.8 Å². The molecule has 3 aromatic rings. The third-order valence-corrected chi connectivity index (χ3v) is 5.85. The number of carbonyl (C=O) groups is 1. The molecule has 0 amide bonds. The van der Waals surface area contributed by atoms with Crippen molar-refractivity contribution in [3.05, 3.63) is 53.2 Å². The number of benzene rings is 2. The van der Waals surface area contributed by atoms with Gasteiger partial charge in [-0.2, -0.15) is 0 Å². The fourth-order valence-corrected chi connectivity index (χ4v) is 4.14. The number of aromatic nitrogens is 1. The number of ether oxygens (including phenoxy) is 3. The van der Waals surface area contributed by atoms with Crippen LogP contribution in [0.15, 0.2) is 36.5 Å². The van der Waals surface area contributed by atoms with Crippen molar-refractivity contribution in [2.75, 3.05) is 34.4 Å². The Hall–Kier alpha value is -2.99. The standard InChI is InChI=1S/C23H26N2O4/c1-14-17-11-23(29-4)22(28-3)9-15(17)7-8-25(14)13-21(26)19-12-24-20-6-5-16(27-2)10-18(19)20/h5-6,9-12,14,24H,7-8,13H2,1-4H3. The lowest BCUT2D eigenvalue weighted by Gasteiger charge is -2.35. The molecule has 1 unspecified atom stereocenters. The second kappa shape index (κ2) is 7.79. The average molecular weight is 394 g/mol. The van der Waals surface area contributed by atoms with Gasteiger partial charge >= 0.3 is 0 Å². The topological polar surface area (TPSA) is 63.8 Å². The second-order valence-corrected chi connectivity index (χ2v) is 7.34. The van der Waals surface area contributed by atoms with Gasteiger partial charge in [0, 0.05) is 35.2 Å². The van der Waals surface area contributed by atoms with Gasteiger partial charge < -0.3 is 19.2 Å². The number of aromatic amines is 1. The summed E-state index contributed by atoms with van der Waals surface area (Å²) in [5, 5.41) is 0.894. The monoisotopic (exact) mass is 394 g/mol. The first-order valence-corrected chi connectivity index (χ1v) is 9.73. The summed E-state index contributed by atoms with van der Waals surface area (Å²) in [6.07, 6.45) is 2.66. The Morgan fingerprint density at radius 2 is 1.86 bits per heavy atom. The van der Waals surface area contributed by atoms with Gasteiger partial charge in [-0.15, -0.1) is 0 Å². The number of H-pyrrole nitrogens is 1. The summed E-state index contributed by atoms with van der Waals surface area (Å²) in [7, 11) is 4.92. The van der Waals surface area contributed by atoms with Crippen LogP contribution in [0.4, 0.5) is 0 Å². The van der Waals surface area contributed by atoms with Gasteiger partial charge in [-0.1, -0.05) is 0 Å². The molecule has 0 bridgehead atoms. The molecular formula is C23H26N2O4. The predicted octanol–water partition coefficient (Wildman–Crippen LogP) is 4.00. The second-order valence-electron chi connectivity index (χ2n) is 7.34. The van der Waals surface area contributed by atoms with E-state index in [9.17, 15) is 4.79 Å². The van der Waals surface area contributed by atoms with Crippen molar-refractivity contribution in [3.63, 3.8) is 0 Å². The van der Waals surface area contributed by atoms with Crippen molar-refractivity contribution in [1.29, 1.82) is 0 Å². The number of ketones is 1. The Morgan fingerprint density at radius 3 is 2.59 bits per heavy atom. The van der Waals surface area contributed by atoms with E-state index < -0.39 is 0 Å². The normalized spacial score (nSPS) is 16.5. The van der Waals surface area contributed by atoms with E-state index in [4.69, 9.17) is 14.2 Å². The van der Waals surface area contributed by atoms with Crippen LogP contribution in [0.1, 0.15) is 34.5 Å². The number of fused-ring (bicyclic) bond motifs is 2. The molecule has 1 N–H and O–H groups in total. The molecule has 0 spiro atoms. The molecule has 152 valence electrons. The maximum Gasteiger partial charge on any atom is 0.178 e. The maximum atomic E-state index is 13.1. The van der Waals surface area contributed by atoms with Gasteiger partial charge in [0.25, 0.3) is 0 Å². The van der Waals surface area contributed by atoms with Crippen LogP contribution >= 0.6 is 0 Å². The van der Waals surface area contributed by atoms with Crippen LogP contribution in [0, 0.1) is 0 Å². The van der Waals surface area contributed by atoms with Gasteiger partial charge in [0.1, 0.15) is 5.75 Å². The molecule has 2 aromatic carbocycles. The van der Waals surface area contributed by atoms with Crippen molar-refractivity contribution in [3.8, 4) is 17.2 Å². The Bertz CT molecular complexity index is 1060. The Morgan fingerprint density at radius 1 is 1.10 bits per heavy atom. The van der Waals surface area contributed by atoms with Gasteiger partial charge in [0.15, 0.2) is 17.3 Å². The maximum absolute atomic E-state index is 13.1. The highest BCUT2D eigenvalue weighted by atomic mass is 16.5. The van der Waals surface area contributed by atoms with E-state index in [0.717, 1.165) is 41.1 Å². The first-order chi connectivity index (χ1) is 14.0. The molecule has 6 nitrogen and oxygen atoms in total. The molecular weight excluding hydrogens is 368 g/mol. The van der Waals surface area contributed by atoms with Crippen molar-refractivity contribution >= 4 is 16.7 Å². The summed E-state index contributed by atoms with van der Waals surface area (Å²) >= 11 is 0. The fraction of sp³-hybridized carbons (Fsp3) is 0.348. The molecule has 0 aliphatic carbocycles. The minimum atomic E-state index is 0.0975. The molecule has 1 aromatic heterocycles. The average Bonchev–Trinajstić information content (AvgIpc) is 3.18. The molecule has 0 fully saturated rings. The zero-order chi connectivity index (χ0) is 20.5. The highest BCUT2D eigenvalue weighted by Crippen LogP contribution is 2.38. The van der Waals surface area contributed by atoms with E-state index in [1.54, 1.807) is 27.5 Å². The summed E-state index contributed by atoms with van der Waals surface area (Å²) in [6, 6.07) is 9.93. The lowest BCUT2D eigenvalue weighted by Crippen LogP contribution is -2.37. The number of rotatable bonds is 6. The van der Waals surface area contributed by atoms with Crippen LogP contribution in [0.3, 0.4) is 0 Å².